The highest BCUT2D eigenvalue weighted by atomic mass is 32.3. The molecule has 0 aliphatic rings. The van der Waals surface area contributed by atoms with E-state index < -0.39 is 10.0 Å². The second-order valence-electron chi connectivity index (χ2n) is 12.6. The van der Waals surface area contributed by atoms with E-state index in [2.05, 4.69) is 168 Å². The summed E-state index contributed by atoms with van der Waals surface area (Å²) in [6.07, 6.45) is 1.87. The van der Waals surface area contributed by atoms with Gasteiger partial charge in [0.05, 0.1) is 22.1 Å². The Bertz CT molecular complexity index is 2760. The van der Waals surface area contributed by atoms with Crippen LogP contribution in [0.5, 0.6) is 0 Å². The lowest BCUT2D eigenvalue weighted by atomic mass is 10.1. The standard InChI is InChI=1S/C46H31N3OS/c1-4-16-33(17-5-1)51(34-18-6-2-7-19-34,35-20-8-3-9-21-35)36-22-14-15-32(31-36)40-29-30-47-46(48-40)49-41-25-12-10-24-39(41)44-42(49)28-27-38-37-23-11-13-26-43(37)50-45(38)44/h1-31H. The van der Waals surface area contributed by atoms with Gasteiger partial charge < -0.3 is 4.42 Å². The number of nitrogens with zero attached hydrogens (tertiary/aromatic N) is 3. The summed E-state index contributed by atoms with van der Waals surface area (Å²) < 4.78 is 8.68. The van der Waals surface area contributed by atoms with Gasteiger partial charge in [0.1, 0.15) is 11.2 Å². The highest BCUT2D eigenvalue weighted by Gasteiger charge is 2.33. The topological polar surface area (TPSA) is 43.9 Å². The lowest BCUT2D eigenvalue weighted by Gasteiger charge is -2.42. The second-order valence-corrected chi connectivity index (χ2v) is 15.7. The second kappa shape index (κ2) is 11.9. The molecule has 0 amide bonds. The molecule has 0 aliphatic heterocycles. The molecule has 7 aromatic carbocycles. The van der Waals surface area contributed by atoms with Crippen LogP contribution in [-0.2, 0) is 0 Å². The molecule has 0 bridgehead atoms. The smallest absolute Gasteiger partial charge is 0.235 e. The molecule has 0 aliphatic carbocycles. The normalized spacial score (nSPS) is 12.2. The van der Waals surface area contributed by atoms with E-state index in [0.717, 1.165) is 55.0 Å². The summed E-state index contributed by atoms with van der Waals surface area (Å²) in [6.45, 7) is 0. The Labute approximate surface area is 296 Å². The lowest BCUT2D eigenvalue weighted by molar-refractivity contribution is 0.673. The van der Waals surface area contributed by atoms with E-state index in [0.29, 0.717) is 5.95 Å². The van der Waals surface area contributed by atoms with E-state index in [-0.39, 0.29) is 0 Å². The molecule has 3 aromatic heterocycles. The van der Waals surface area contributed by atoms with Crippen molar-refractivity contribution in [1.82, 2.24) is 14.5 Å². The Morgan fingerprint density at radius 1 is 0.471 bits per heavy atom. The van der Waals surface area contributed by atoms with E-state index in [1.807, 2.05) is 24.4 Å². The van der Waals surface area contributed by atoms with Crippen LogP contribution in [0, 0.1) is 0 Å². The van der Waals surface area contributed by atoms with E-state index in [9.17, 15) is 0 Å². The molecule has 0 unspecified atom stereocenters. The number of aromatic nitrogens is 3. The molecule has 4 nitrogen and oxygen atoms in total. The van der Waals surface area contributed by atoms with Crippen molar-refractivity contribution in [3.05, 3.63) is 188 Å². The van der Waals surface area contributed by atoms with Crippen LogP contribution in [0.25, 0.3) is 61.0 Å². The van der Waals surface area contributed by atoms with Crippen LogP contribution in [0.15, 0.2) is 212 Å². The first kappa shape index (κ1) is 29.5. The van der Waals surface area contributed by atoms with Gasteiger partial charge in [-0.05, 0) is 78.9 Å². The molecular weight excluding hydrogens is 643 g/mol. The molecule has 0 spiro atoms. The average Bonchev–Trinajstić information content (AvgIpc) is 3.76. The summed E-state index contributed by atoms with van der Waals surface area (Å²) in [5.74, 6) is 0.618. The van der Waals surface area contributed by atoms with Crippen LogP contribution in [0.1, 0.15) is 0 Å². The van der Waals surface area contributed by atoms with Crippen LogP contribution in [0.3, 0.4) is 0 Å². The summed E-state index contributed by atoms with van der Waals surface area (Å²) in [7, 11) is -1.84. The summed E-state index contributed by atoms with van der Waals surface area (Å²) in [4.78, 5) is 15.2. The van der Waals surface area contributed by atoms with Crippen LogP contribution in [-0.4, -0.2) is 14.5 Å². The minimum atomic E-state index is -1.84. The van der Waals surface area contributed by atoms with Gasteiger partial charge in [0.2, 0.25) is 5.95 Å². The third-order valence-electron chi connectivity index (χ3n) is 9.80. The Morgan fingerprint density at radius 3 is 1.78 bits per heavy atom. The minimum absolute atomic E-state index is 0.618. The van der Waals surface area contributed by atoms with Gasteiger partial charge >= 0.3 is 0 Å². The van der Waals surface area contributed by atoms with Crippen molar-refractivity contribution in [3.63, 3.8) is 0 Å². The molecule has 10 rings (SSSR count). The highest BCUT2D eigenvalue weighted by Crippen LogP contribution is 2.73. The first-order chi connectivity index (χ1) is 25.3. The Balaban J connectivity index is 1.18. The first-order valence-corrected chi connectivity index (χ1v) is 18.7. The molecule has 0 atom stereocenters. The van der Waals surface area contributed by atoms with E-state index in [1.54, 1.807) is 0 Å². The van der Waals surface area contributed by atoms with Crippen molar-refractivity contribution in [2.75, 3.05) is 0 Å². The molecule has 5 heteroatoms. The molecule has 0 saturated heterocycles. The minimum Gasteiger partial charge on any atom is -0.455 e. The number of fused-ring (bicyclic) bond motifs is 7. The van der Waals surface area contributed by atoms with Gasteiger partial charge in [-0.25, -0.2) is 9.97 Å². The van der Waals surface area contributed by atoms with Crippen LogP contribution in [0.2, 0.25) is 0 Å². The van der Waals surface area contributed by atoms with Gasteiger partial charge in [0.15, 0.2) is 0 Å². The van der Waals surface area contributed by atoms with Crippen molar-refractivity contribution < 1.29 is 4.42 Å². The molecular formula is C46H31N3OS. The predicted octanol–water partition coefficient (Wildman–Crippen LogP) is 12.5. The summed E-state index contributed by atoms with van der Waals surface area (Å²) in [6, 6.07) is 64.7. The predicted molar refractivity (Wildman–Crippen MR) is 209 cm³/mol. The van der Waals surface area contributed by atoms with Gasteiger partial charge in [-0.2, -0.15) is 0 Å². The zero-order chi connectivity index (χ0) is 33.8. The first-order valence-electron chi connectivity index (χ1n) is 17.1. The number of rotatable bonds is 6. The number of benzene rings is 7. The Kier molecular flexibility index (Phi) is 6.86. The Hall–Kier alpha value is -6.43. The van der Waals surface area contributed by atoms with Gasteiger partial charge in [0.25, 0.3) is 0 Å². The fourth-order valence-electron chi connectivity index (χ4n) is 7.60. The van der Waals surface area contributed by atoms with Crippen LogP contribution >= 0.6 is 10.0 Å². The molecule has 242 valence electrons. The summed E-state index contributed by atoms with van der Waals surface area (Å²) in [5, 5.41) is 4.39. The zero-order valence-electron chi connectivity index (χ0n) is 27.6. The molecule has 0 saturated carbocycles. The molecule has 0 fully saturated rings. The highest BCUT2D eigenvalue weighted by molar-refractivity contribution is 8.34. The van der Waals surface area contributed by atoms with E-state index in [1.165, 1.54) is 19.6 Å². The third-order valence-corrected chi connectivity index (χ3v) is 13.7. The van der Waals surface area contributed by atoms with Crippen molar-refractivity contribution in [2.24, 2.45) is 0 Å². The fourth-order valence-corrected chi connectivity index (χ4v) is 11.5. The number of hydrogen-bond donors (Lipinski definition) is 0. The maximum absolute atomic E-state index is 6.52. The molecule has 0 radical (unpaired) electrons. The number of furan rings is 1. The van der Waals surface area contributed by atoms with Gasteiger partial charge in [-0.15, -0.1) is 10.0 Å². The molecule has 0 N–H and O–H groups in total. The average molecular weight is 674 g/mol. The summed E-state index contributed by atoms with van der Waals surface area (Å²) >= 11 is 0. The maximum atomic E-state index is 6.52. The van der Waals surface area contributed by atoms with Crippen molar-refractivity contribution >= 4 is 53.8 Å². The number of hydrogen-bond acceptors (Lipinski definition) is 3. The van der Waals surface area contributed by atoms with Gasteiger partial charge in [-0.1, -0.05) is 103 Å². The van der Waals surface area contributed by atoms with Crippen LogP contribution in [0.4, 0.5) is 0 Å². The van der Waals surface area contributed by atoms with Gasteiger partial charge in [0, 0.05) is 47.5 Å². The molecule has 51 heavy (non-hydrogen) atoms. The quantitative estimate of drug-likeness (QED) is 0.176. The molecule has 10 aromatic rings. The maximum Gasteiger partial charge on any atom is 0.235 e. The van der Waals surface area contributed by atoms with Crippen molar-refractivity contribution in [3.8, 4) is 17.2 Å². The largest absolute Gasteiger partial charge is 0.455 e. The summed E-state index contributed by atoms with van der Waals surface area (Å²) in [5.41, 5.74) is 5.71. The Morgan fingerprint density at radius 2 is 1.08 bits per heavy atom. The van der Waals surface area contributed by atoms with E-state index in [4.69, 9.17) is 14.4 Å². The fraction of sp³-hybridized carbons (Fsp3) is 0. The molecule has 3 heterocycles. The van der Waals surface area contributed by atoms with Crippen molar-refractivity contribution in [1.29, 1.82) is 0 Å². The van der Waals surface area contributed by atoms with E-state index >= 15 is 0 Å². The SMILES string of the molecule is c1ccc(S(c2ccccc2)(c2ccccc2)c2cccc(-c3ccnc(-n4c5ccccc5c5c6oc7ccccc7c6ccc54)n3)c2)cc1. The monoisotopic (exact) mass is 673 g/mol. The number of para-hydroxylation sites is 2. The van der Waals surface area contributed by atoms with Gasteiger partial charge in [-0.3, -0.25) is 4.57 Å². The zero-order valence-corrected chi connectivity index (χ0v) is 28.4. The van der Waals surface area contributed by atoms with Crippen LogP contribution < -0.4 is 0 Å². The van der Waals surface area contributed by atoms with Crippen molar-refractivity contribution in [2.45, 2.75) is 19.6 Å². The third kappa shape index (κ3) is 4.55. The lowest BCUT2D eigenvalue weighted by Crippen LogP contribution is -2.05.